The van der Waals surface area contributed by atoms with Crippen molar-refractivity contribution in [2.24, 2.45) is 0 Å². The van der Waals surface area contributed by atoms with Crippen LogP contribution in [0.5, 0.6) is 5.75 Å². The smallest absolute Gasteiger partial charge is 0.336 e. The van der Waals surface area contributed by atoms with Crippen molar-refractivity contribution in [1.82, 2.24) is 0 Å². The zero-order chi connectivity index (χ0) is 30.3. The van der Waals surface area contributed by atoms with Gasteiger partial charge in [0.25, 0.3) is 0 Å². The Labute approximate surface area is 244 Å². The van der Waals surface area contributed by atoms with E-state index in [-0.39, 0.29) is 6.10 Å². The zero-order valence-corrected chi connectivity index (χ0v) is 30.7. The van der Waals surface area contributed by atoms with Crippen LogP contribution in [0.4, 0.5) is 0 Å². The summed E-state index contributed by atoms with van der Waals surface area (Å²) in [5, 5.41) is 0.858. The van der Waals surface area contributed by atoms with Crippen LogP contribution in [0, 0.1) is 6.92 Å². The minimum absolute atomic E-state index is 0.367. The fourth-order valence-corrected chi connectivity index (χ4v) is 8.49. The molecule has 2 aromatic rings. The van der Waals surface area contributed by atoms with Gasteiger partial charge in [-0.25, -0.2) is 4.79 Å². The first kappa shape index (κ1) is 33.4. The maximum Gasteiger partial charge on any atom is 0.336 e. The van der Waals surface area contributed by atoms with Gasteiger partial charge in [0, 0.05) is 17.5 Å². The number of aryl methyl sites for hydroxylation is 1. The van der Waals surface area contributed by atoms with Gasteiger partial charge >= 0.3 is 5.63 Å². The Morgan fingerprint density at radius 2 is 1.27 bits per heavy atom. The van der Waals surface area contributed by atoms with Crippen molar-refractivity contribution in [3.8, 4) is 5.75 Å². The highest BCUT2D eigenvalue weighted by atomic mass is 28.4. The average molecular weight is 627 g/mol. The first-order valence-corrected chi connectivity index (χ1v) is 27.8. The Hall–Kier alpha value is -1.10. The maximum absolute atomic E-state index is 12.1. The number of hydrogen-bond donors (Lipinski definition) is 0. The highest BCUT2D eigenvalue weighted by Gasteiger charge is 2.52. The molecule has 0 N–H and O–H groups in total. The molecule has 0 bridgehead atoms. The molecule has 1 aliphatic rings. The van der Waals surface area contributed by atoms with Crippen LogP contribution in [0.15, 0.2) is 33.5 Å². The summed E-state index contributed by atoms with van der Waals surface area (Å²) < 4.78 is 45.6. The molecule has 1 fully saturated rings. The average Bonchev–Trinajstić information content (AvgIpc) is 2.73. The number of benzene rings is 1. The van der Waals surface area contributed by atoms with Gasteiger partial charge in [-0.1, -0.05) is 0 Å². The maximum atomic E-state index is 12.1. The van der Waals surface area contributed by atoms with Crippen LogP contribution in [0.3, 0.4) is 0 Å². The van der Waals surface area contributed by atoms with Crippen LogP contribution in [-0.4, -0.2) is 70.6 Å². The van der Waals surface area contributed by atoms with E-state index in [9.17, 15) is 4.79 Å². The molecular formula is C28H50O8Si4. The van der Waals surface area contributed by atoms with E-state index in [1.165, 1.54) is 6.07 Å². The number of fused-ring (bicyclic) bond motifs is 1. The van der Waals surface area contributed by atoms with Crippen molar-refractivity contribution in [2.75, 3.05) is 6.61 Å². The van der Waals surface area contributed by atoms with Crippen molar-refractivity contribution in [3.05, 3.63) is 40.2 Å². The van der Waals surface area contributed by atoms with Gasteiger partial charge in [-0.3, -0.25) is 0 Å². The third-order valence-electron chi connectivity index (χ3n) is 5.92. The fourth-order valence-electron chi connectivity index (χ4n) is 4.58. The molecule has 1 aromatic heterocycles. The molecule has 12 heteroatoms. The van der Waals surface area contributed by atoms with E-state index in [1.54, 1.807) is 6.07 Å². The van der Waals surface area contributed by atoms with Gasteiger partial charge in [0.1, 0.15) is 35.7 Å². The van der Waals surface area contributed by atoms with Crippen LogP contribution in [-0.2, 0) is 22.4 Å². The summed E-state index contributed by atoms with van der Waals surface area (Å²) in [6, 6.07) is 7.01. The second-order valence-corrected chi connectivity index (χ2v) is 32.5. The van der Waals surface area contributed by atoms with Crippen molar-refractivity contribution >= 4 is 44.2 Å². The third kappa shape index (κ3) is 10.0. The molecule has 1 aliphatic heterocycles. The lowest BCUT2D eigenvalue weighted by Crippen LogP contribution is -2.67. The van der Waals surface area contributed by atoms with E-state index in [0.717, 1.165) is 10.9 Å². The van der Waals surface area contributed by atoms with Crippen molar-refractivity contribution in [3.63, 3.8) is 0 Å². The summed E-state index contributed by atoms with van der Waals surface area (Å²) in [6.45, 7) is 28.3. The molecule has 8 nitrogen and oxygen atoms in total. The van der Waals surface area contributed by atoms with E-state index < -0.39 is 63.5 Å². The van der Waals surface area contributed by atoms with Crippen molar-refractivity contribution in [1.29, 1.82) is 0 Å². The molecule has 0 amide bonds. The van der Waals surface area contributed by atoms with E-state index in [1.807, 2.05) is 19.1 Å². The highest BCUT2D eigenvalue weighted by Crippen LogP contribution is 2.35. The van der Waals surface area contributed by atoms with E-state index in [4.69, 9.17) is 31.6 Å². The molecule has 3 rings (SSSR count). The quantitative estimate of drug-likeness (QED) is 0.201. The standard InChI is InChI=1S/C28H50O8Si4/c1-19-16-24(29)32-22-17-20(14-15-21(19)22)31-28-27(36-40(11,12)13)26(35-39(8,9)10)25(34-38(5,6)7)23(33-28)18-30-37(2,3)4/h14-17,23,25-28H,18H2,1-13H3/t23-,25+,26+,27-,28-/m1/s1. The minimum Gasteiger partial charge on any atom is -0.462 e. The highest BCUT2D eigenvalue weighted by molar-refractivity contribution is 6.71. The predicted octanol–water partition coefficient (Wildman–Crippen LogP) is 6.72. The molecule has 0 spiro atoms. The molecular weight excluding hydrogens is 577 g/mol. The predicted molar refractivity (Wildman–Crippen MR) is 170 cm³/mol. The summed E-state index contributed by atoms with van der Waals surface area (Å²) >= 11 is 0. The van der Waals surface area contributed by atoms with Crippen LogP contribution in [0.25, 0.3) is 11.0 Å². The number of rotatable bonds is 11. The van der Waals surface area contributed by atoms with Crippen LogP contribution in [0.1, 0.15) is 5.56 Å². The van der Waals surface area contributed by atoms with Gasteiger partial charge < -0.3 is 31.6 Å². The molecule has 0 saturated carbocycles. The third-order valence-corrected chi connectivity index (χ3v) is 9.89. The minimum atomic E-state index is -2.09. The number of hydrogen-bond acceptors (Lipinski definition) is 8. The van der Waals surface area contributed by atoms with E-state index >= 15 is 0 Å². The second-order valence-electron chi connectivity index (χ2n) is 14.6. The topological polar surface area (TPSA) is 85.6 Å². The van der Waals surface area contributed by atoms with Gasteiger partial charge in [0.15, 0.2) is 33.3 Å². The van der Waals surface area contributed by atoms with Crippen molar-refractivity contribution < 1.29 is 31.6 Å². The summed E-state index contributed by atoms with van der Waals surface area (Å²) in [4.78, 5) is 12.1. The molecule has 5 atom stereocenters. The molecule has 1 saturated heterocycles. The summed E-state index contributed by atoms with van der Waals surface area (Å²) in [6.07, 6.45) is -2.48. The van der Waals surface area contributed by atoms with Crippen LogP contribution in [0.2, 0.25) is 78.6 Å². The summed E-state index contributed by atoms with van der Waals surface area (Å²) in [5.74, 6) is 0.525. The molecule has 1 aromatic carbocycles. The second kappa shape index (κ2) is 12.3. The fraction of sp³-hybridized carbons (Fsp3) is 0.679. The Kier molecular flexibility index (Phi) is 10.2. The summed E-state index contributed by atoms with van der Waals surface area (Å²) in [7, 11) is -8.03. The Balaban J connectivity index is 2.10. The Bertz CT molecular complexity index is 1210. The lowest BCUT2D eigenvalue weighted by molar-refractivity contribution is -0.265. The number of ether oxygens (including phenoxy) is 2. The lowest BCUT2D eigenvalue weighted by atomic mass is 9.99. The van der Waals surface area contributed by atoms with Gasteiger partial charge in [-0.05, 0) is 103 Å². The SMILES string of the molecule is Cc1cc(=O)oc2cc(O[C@@H]3O[C@H](CO[Si](C)(C)C)[C@H](O[Si](C)(C)C)[C@H](O[Si](C)(C)C)[C@H]3O[Si](C)(C)C)ccc12. The van der Waals surface area contributed by atoms with E-state index in [2.05, 4.69) is 78.6 Å². The normalized spacial score (nSPS) is 24.9. The lowest BCUT2D eigenvalue weighted by Gasteiger charge is -2.50. The first-order chi connectivity index (χ1) is 18.1. The van der Waals surface area contributed by atoms with Gasteiger partial charge in [0.2, 0.25) is 6.29 Å². The van der Waals surface area contributed by atoms with Gasteiger partial charge in [-0.2, -0.15) is 0 Å². The molecule has 226 valence electrons. The largest absolute Gasteiger partial charge is 0.462 e. The first-order valence-electron chi connectivity index (χ1n) is 14.1. The molecule has 0 radical (unpaired) electrons. The van der Waals surface area contributed by atoms with Crippen molar-refractivity contribution in [2.45, 2.75) is 116 Å². The monoisotopic (exact) mass is 626 g/mol. The molecule has 40 heavy (non-hydrogen) atoms. The van der Waals surface area contributed by atoms with Crippen LogP contribution < -0.4 is 10.4 Å². The molecule has 2 heterocycles. The van der Waals surface area contributed by atoms with Gasteiger partial charge in [-0.15, -0.1) is 0 Å². The zero-order valence-electron chi connectivity index (χ0n) is 26.7. The summed E-state index contributed by atoms with van der Waals surface area (Å²) in [5.41, 5.74) is 0.925. The Morgan fingerprint density at radius 3 is 1.82 bits per heavy atom. The van der Waals surface area contributed by atoms with Crippen LogP contribution >= 0.6 is 0 Å². The van der Waals surface area contributed by atoms with Gasteiger partial charge in [0.05, 0.1) is 6.61 Å². The van der Waals surface area contributed by atoms with E-state index in [0.29, 0.717) is 17.9 Å². The molecule has 0 aliphatic carbocycles. The Morgan fingerprint density at radius 1 is 0.725 bits per heavy atom. The molecule has 0 unspecified atom stereocenters.